The van der Waals surface area contributed by atoms with E-state index in [1.165, 1.54) is 6.07 Å². The highest BCUT2D eigenvalue weighted by atomic mass is 79.9. The summed E-state index contributed by atoms with van der Waals surface area (Å²) in [7, 11) is 0. The van der Waals surface area contributed by atoms with Gasteiger partial charge in [-0.1, -0.05) is 28.1 Å². The molecule has 98 valence electrons. The minimum absolute atomic E-state index is 0.0238. The molecule has 0 atom stereocenters. The highest BCUT2D eigenvalue weighted by molar-refractivity contribution is 9.10. The van der Waals surface area contributed by atoms with Gasteiger partial charge < -0.3 is 0 Å². The maximum atomic E-state index is 13.7. The van der Waals surface area contributed by atoms with E-state index in [0.717, 1.165) is 11.1 Å². The molecule has 0 bridgehead atoms. The molecular formula is C15H13BrFNO. The Morgan fingerprint density at radius 3 is 2.68 bits per heavy atom. The van der Waals surface area contributed by atoms with Crippen LogP contribution in [0.3, 0.4) is 0 Å². The number of halogens is 2. The molecule has 2 nitrogen and oxygen atoms in total. The molecule has 0 radical (unpaired) electrons. The van der Waals surface area contributed by atoms with Crippen molar-refractivity contribution in [1.82, 2.24) is 4.98 Å². The standard InChI is InChI=1S/C15H13BrFNO/c1-9-5-10(2)15(18-8-9)14(19)6-11-3-4-12(16)7-13(11)17/h3-5,7-8H,6H2,1-2H3. The van der Waals surface area contributed by atoms with Gasteiger partial charge in [0.15, 0.2) is 5.78 Å². The quantitative estimate of drug-likeness (QED) is 0.799. The molecule has 0 spiro atoms. The van der Waals surface area contributed by atoms with Gasteiger partial charge in [0.05, 0.1) is 0 Å². The second-order valence-corrected chi connectivity index (χ2v) is 5.43. The van der Waals surface area contributed by atoms with E-state index in [1.807, 2.05) is 19.9 Å². The molecule has 4 heteroatoms. The van der Waals surface area contributed by atoms with Crippen molar-refractivity contribution in [2.45, 2.75) is 20.3 Å². The number of benzene rings is 1. The van der Waals surface area contributed by atoms with Crippen LogP contribution in [0, 0.1) is 19.7 Å². The number of carbonyl (C=O) groups is 1. The van der Waals surface area contributed by atoms with Gasteiger partial charge in [-0.25, -0.2) is 4.39 Å². The third kappa shape index (κ3) is 3.26. The van der Waals surface area contributed by atoms with Crippen LogP contribution in [0.4, 0.5) is 4.39 Å². The van der Waals surface area contributed by atoms with Gasteiger partial charge in [0.1, 0.15) is 11.5 Å². The monoisotopic (exact) mass is 321 g/mol. The van der Waals surface area contributed by atoms with Crippen molar-refractivity contribution in [3.63, 3.8) is 0 Å². The number of Topliss-reactive ketones (excluding diaryl/α,β-unsaturated/α-hetero) is 1. The molecule has 2 aromatic rings. The van der Waals surface area contributed by atoms with Crippen LogP contribution in [0.1, 0.15) is 27.2 Å². The molecule has 1 heterocycles. The van der Waals surface area contributed by atoms with Crippen molar-refractivity contribution < 1.29 is 9.18 Å². The Labute approximate surface area is 119 Å². The molecule has 0 fully saturated rings. The van der Waals surface area contributed by atoms with Crippen LogP contribution in [0.2, 0.25) is 0 Å². The number of rotatable bonds is 3. The summed E-state index contributed by atoms with van der Waals surface area (Å²) >= 11 is 3.19. The van der Waals surface area contributed by atoms with E-state index >= 15 is 0 Å². The zero-order valence-electron chi connectivity index (χ0n) is 10.7. The fourth-order valence-corrected chi connectivity index (χ4v) is 2.26. The third-order valence-corrected chi connectivity index (χ3v) is 3.34. The van der Waals surface area contributed by atoms with Gasteiger partial charge in [0.2, 0.25) is 0 Å². The molecule has 0 unspecified atom stereocenters. The third-order valence-electron chi connectivity index (χ3n) is 2.85. The van der Waals surface area contributed by atoms with Gasteiger partial charge in [-0.05, 0) is 42.7 Å². The largest absolute Gasteiger partial charge is 0.292 e. The predicted molar refractivity (Wildman–Crippen MR) is 75.8 cm³/mol. The Morgan fingerprint density at radius 1 is 1.32 bits per heavy atom. The molecule has 0 aliphatic rings. The summed E-state index contributed by atoms with van der Waals surface area (Å²) < 4.78 is 14.3. The maximum Gasteiger partial charge on any atom is 0.185 e. The van der Waals surface area contributed by atoms with Gasteiger partial charge in [-0.3, -0.25) is 9.78 Å². The summed E-state index contributed by atoms with van der Waals surface area (Å²) in [5.41, 5.74) is 2.62. The van der Waals surface area contributed by atoms with Gasteiger partial charge in [-0.2, -0.15) is 0 Å². The molecule has 1 aromatic heterocycles. The number of aryl methyl sites for hydroxylation is 2. The summed E-state index contributed by atoms with van der Waals surface area (Å²) in [6.45, 7) is 3.76. The van der Waals surface area contributed by atoms with E-state index < -0.39 is 0 Å². The van der Waals surface area contributed by atoms with E-state index in [9.17, 15) is 9.18 Å². The van der Waals surface area contributed by atoms with Crippen LogP contribution in [0.15, 0.2) is 34.9 Å². The topological polar surface area (TPSA) is 30.0 Å². The van der Waals surface area contributed by atoms with E-state index in [0.29, 0.717) is 15.7 Å². The molecule has 0 aliphatic heterocycles. The molecular weight excluding hydrogens is 309 g/mol. The lowest BCUT2D eigenvalue weighted by Crippen LogP contribution is -2.09. The summed E-state index contributed by atoms with van der Waals surface area (Å²) in [4.78, 5) is 16.3. The lowest BCUT2D eigenvalue weighted by Gasteiger charge is -2.06. The van der Waals surface area contributed by atoms with Gasteiger partial charge >= 0.3 is 0 Å². The molecule has 19 heavy (non-hydrogen) atoms. The Hall–Kier alpha value is -1.55. The van der Waals surface area contributed by atoms with Crippen molar-refractivity contribution in [2.75, 3.05) is 0 Å². The van der Waals surface area contributed by atoms with Crippen LogP contribution in [-0.4, -0.2) is 10.8 Å². The smallest absolute Gasteiger partial charge is 0.185 e. The van der Waals surface area contributed by atoms with Crippen molar-refractivity contribution in [3.05, 3.63) is 63.1 Å². The zero-order valence-corrected chi connectivity index (χ0v) is 12.3. The predicted octanol–water partition coefficient (Wildman–Crippen LogP) is 4.03. The first-order valence-corrected chi connectivity index (χ1v) is 6.67. The summed E-state index contributed by atoms with van der Waals surface area (Å²) in [5, 5.41) is 0. The van der Waals surface area contributed by atoms with Crippen molar-refractivity contribution >= 4 is 21.7 Å². The second-order valence-electron chi connectivity index (χ2n) is 4.51. The molecule has 2 rings (SSSR count). The summed E-state index contributed by atoms with van der Waals surface area (Å²) in [5.74, 6) is -0.550. The Bertz CT molecular complexity index is 640. The number of pyridine rings is 1. The number of hydrogen-bond donors (Lipinski definition) is 0. The fraction of sp³-hybridized carbons (Fsp3) is 0.200. The minimum atomic E-state index is -0.382. The first-order valence-electron chi connectivity index (χ1n) is 5.88. The second kappa shape index (κ2) is 5.61. The normalized spacial score (nSPS) is 10.5. The Kier molecular flexibility index (Phi) is 4.10. The van der Waals surface area contributed by atoms with Crippen LogP contribution < -0.4 is 0 Å². The van der Waals surface area contributed by atoms with Crippen LogP contribution in [-0.2, 0) is 6.42 Å². The van der Waals surface area contributed by atoms with Gasteiger partial charge in [-0.15, -0.1) is 0 Å². The Balaban J connectivity index is 2.25. The van der Waals surface area contributed by atoms with E-state index in [2.05, 4.69) is 20.9 Å². The number of carbonyl (C=O) groups excluding carboxylic acids is 1. The molecule has 0 amide bonds. The molecule has 1 aromatic carbocycles. The number of ketones is 1. The number of nitrogens with zero attached hydrogens (tertiary/aromatic N) is 1. The fourth-order valence-electron chi connectivity index (χ4n) is 1.93. The number of aromatic nitrogens is 1. The molecule has 0 saturated carbocycles. The van der Waals surface area contributed by atoms with E-state index in [4.69, 9.17) is 0 Å². The molecule has 0 aliphatic carbocycles. The van der Waals surface area contributed by atoms with Gasteiger partial charge in [0, 0.05) is 17.1 Å². The van der Waals surface area contributed by atoms with E-state index in [-0.39, 0.29) is 18.0 Å². The van der Waals surface area contributed by atoms with Crippen LogP contribution >= 0.6 is 15.9 Å². The lowest BCUT2D eigenvalue weighted by molar-refractivity contribution is 0.0986. The van der Waals surface area contributed by atoms with Crippen LogP contribution in [0.25, 0.3) is 0 Å². The average molecular weight is 322 g/mol. The lowest BCUT2D eigenvalue weighted by atomic mass is 10.0. The number of hydrogen-bond acceptors (Lipinski definition) is 2. The minimum Gasteiger partial charge on any atom is -0.292 e. The van der Waals surface area contributed by atoms with E-state index in [1.54, 1.807) is 18.3 Å². The van der Waals surface area contributed by atoms with Crippen molar-refractivity contribution in [1.29, 1.82) is 0 Å². The van der Waals surface area contributed by atoms with Crippen LogP contribution in [0.5, 0.6) is 0 Å². The molecule has 0 N–H and O–H groups in total. The highest BCUT2D eigenvalue weighted by Crippen LogP contribution is 2.17. The highest BCUT2D eigenvalue weighted by Gasteiger charge is 2.14. The zero-order chi connectivity index (χ0) is 14.0. The summed E-state index contributed by atoms with van der Waals surface area (Å²) in [6.07, 6.45) is 1.67. The maximum absolute atomic E-state index is 13.7. The van der Waals surface area contributed by atoms with Crippen molar-refractivity contribution in [2.24, 2.45) is 0 Å². The Morgan fingerprint density at radius 2 is 2.05 bits per heavy atom. The van der Waals surface area contributed by atoms with Gasteiger partial charge in [0.25, 0.3) is 0 Å². The first kappa shape index (κ1) is 13.9. The average Bonchev–Trinajstić information content (AvgIpc) is 2.32. The first-order chi connectivity index (χ1) is 8.97. The summed E-state index contributed by atoms with van der Waals surface area (Å²) in [6, 6.07) is 6.60. The molecule has 0 saturated heterocycles. The van der Waals surface area contributed by atoms with Crippen molar-refractivity contribution in [3.8, 4) is 0 Å². The SMILES string of the molecule is Cc1cnc(C(=O)Cc2ccc(Br)cc2F)c(C)c1.